The first-order valence-corrected chi connectivity index (χ1v) is 7.49. The average molecular weight is 311 g/mol. The highest BCUT2D eigenvalue weighted by atomic mass is 32.1. The molecule has 0 aliphatic rings. The average Bonchev–Trinajstić information content (AvgIpc) is 2.85. The monoisotopic (exact) mass is 311 g/mol. The molecule has 0 amide bonds. The number of benzene rings is 1. The molecular formula is C15H15F2NO2S. The second-order valence-electron chi connectivity index (χ2n) is 4.65. The molecule has 0 atom stereocenters. The predicted molar refractivity (Wildman–Crippen MR) is 77.7 cm³/mol. The number of rotatable bonds is 5. The van der Waals surface area contributed by atoms with Gasteiger partial charge < -0.3 is 5.11 Å². The molecule has 0 radical (unpaired) electrons. The molecule has 2 rings (SSSR count). The molecule has 0 aliphatic carbocycles. The lowest BCUT2D eigenvalue weighted by molar-refractivity contribution is 0.0700. The van der Waals surface area contributed by atoms with Gasteiger partial charge in [0.1, 0.15) is 21.5 Å². The molecular weight excluding hydrogens is 296 g/mol. The summed E-state index contributed by atoms with van der Waals surface area (Å²) in [6.45, 7) is 3.87. The molecule has 6 heteroatoms. The molecule has 0 spiro atoms. The van der Waals surface area contributed by atoms with Gasteiger partial charge in [-0.25, -0.2) is 18.6 Å². The summed E-state index contributed by atoms with van der Waals surface area (Å²) in [4.78, 5) is 15.6. The highest BCUT2D eigenvalue weighted by Crippen LogP contribution is 2.36. The first-order valence-electron chi connectivity index (χ1n) is 6.67. The second-order valence-corrected chi connectivity index (χ2v) is 5.65. The van der Waals surface area contributed by atoms with Crippen LogP contribution in [0.1, 0.15) is 48.0 Å². The summed E-state index contributed by atoms with van der Waals surface area (Å²) in [5.74, 6) is -2.62. The van der Waals surface area contributed by atoms with Gasteiger partial charge in [0, 0.05) is 5.92 Å². The van der Waals surface area contributed by atoms with Crippen LogP contribution in [0.4, 0.5) is 8.78 Å². The molecule has 1 heterocycles. The van der Waals surface area contributed by atoms with E-state index in [0.29, 0.717) is 5.69 Å². The molecule has 0 bridgehead atoms. The van der Waals surface area contributed by atoms with Crippen molar-refractivity contribution in [2.75, 3.05) is 0 Å². The van der Waals surface area contributed by atoms with Crippen molar-refractivity contribution < 1.29 is 18.7 Å². The number of thiazole rings is 1. The van der Waals surface area contributed by atoms with Crippen molar-refractivity contribution in [3.63, 3.8) is 0 Å². The largest absolute Gasteiger partial charge is 0.477 e. The SMILES string of the molecule is CCC(CC)c1nc(-c2c(F)cccc2F)sc1C(=O)O. The van der Waals surface area contributed by atoms with Gasteiger partial charge in [-0.3, -0.25) is 0 Å². The normalized spacial score (nSPS) is 11.1. The van der Waals surface area contributed by atoms with Crippen LogP contribution in [0, 0.1) is 11.6 Å². The summed E-state index contributed by atoms with van der Waals surface area (Å²) in [6, 6.07) is 3.54. The number of carboxylic acids is 1. The molecule has 0 saturated heterocycles. The van der Waals surface area contributed by atoms with Crippen molar-refractivity contribution in [2.24, 2.45) is 0 Å². The predicted octanol–water partition coefficient (Wildman–Crippen LogP) is 4.69. The van der Waals surface area contributed by atoms with E-state index in [4.69, 9.17) is 0 Å². The summed E-state index contributed by atoms with van der Waals surface area (Å²) in [7, 11) is 0. The fraction of sp³-hybridized carbons (Fsp3) is 0.333. The van der Waals surface area contributed by atoms with Gasteiger partial charge in [-0.05, 0) is 25.0 Å². The third-order valence-electron chi connectivity index (χ3n) is 3.40. The molecule has 1 N–H and O–H groups in total. The van der Waals surface area contributed by atoms with Crippen molar-refractivity contribution in [2.45, 2.75) is 32.6 Å². The van der Waals surface area contributed by atoms with Crippen LogP contribution in [-0.4, -0.2) is 16.1 Å². The van der Waals surface area contributed by atoms with E-state index in [-0.39, 0.29) is 21.4 Å². The Balaban J connectivity index is 2.62. The highest BCUT2D eigenvalue weighted by Gasteiger charge is 2.25. The molecule has 2 aromatic rings. The Hall–Kier alpha value is -1.82. The Kier molecular flexibility index (Phi) is 4.67. The maximum absolute atomic E-state index is 13.8. The summed E-state index contributed by atoms with van der Waals surface area (Å²) in [5.41, 5.74) is 0.150. The molecule has 3 nitrogen and oxygen atoms in total. The molecule has 21 heavy (non-hydrogen) atoms. The van der Waals surface area contributed by atoms with Gasteiger partial charge in [-0.2, -0.15) is 0 Å². The minimum Gasteiger partial charge on any atom is -0.477 e. The van der Waals surface area contributed by atoms with Crippen molar-refractivity contribution in [3.05, 3.63) is 40.4 Å². The van der Waals surface area contributed by atoms with E-state index in [1.165, 1.54) is 6.07 Å². The first kappa shape index (κ1) is 15.6. The number of aromatic nitrogens is 1. The quantitative estimate of drug-likeness (QED) is 0.871. The van der Waals surface area contributed by atoms with E-state index in [1.807, 2.05) is 13.8 Å². The van der Waals surface area contributed by atoms with E-state index >= 15 is 0 Å². The number of hydrogen-bond donors (Lipinski definition) is 1. The van der Waals surface area contributed by atoms with E-state index < -0.39 is 17.6 Å². The number of halogens is 2. The smallest absolute Gasteiger partial charge is 0.347 e. The van der Waals surface area contributed by atoms with E-state index in [9.17, 15) is 18.7 Å². The number of aromatic carboxylic acids is 1. The van der Waals surface area contributed by atoms with Gasteiger partial charge in [-0.15, -0.1) is 11.3 Å². The van der Waals surface area contributed by atoms with Gasteiger partial charge in [0.2, 0.25) is 0 Å². The zero-order valence-electron chi connectivity index (χ0n) is 11.7. The molecule has 0 unspecified atom stereocenters. The third-order valence-corrected chi connectivity index (χ3v) is 4.47. The van der Waals surface area contributed by atoms with Crippen molar-refractivity contribution >= 4 is 17.3 Å². The lowest BCUT2D eigenvalue weighted by Crippen LogP contribution is -2.04. The van der Waals surface area contributed by atoms with Crippen LogP contribution in [0.3, 0.4) is 0 Å². The topological polar surface area (TPSA) is 50.2 Å². The number of carboxylic acid groups (broad SMARTS) is 1. The van der Waals surface area contributed by atoms with Gasteiger partial charge >= 0.3 is 5.97 Å². The van der Waals surface area contributed by atoms with Crippen LogP contribution >= 0.6 is 11.3 Å². The van der Waals surface area contributed by atoms with E-state index in [1.54, 1.807) is 0 Å². The fourth-order valence-corrected chi connectivity index (χ4v) is 3.28. The van der Waals surface area contributed by atoms with Crippen LogP contribution in [0.25, 0.3) is 10.6 Å². The van der Waals surface area contributed by atoms with E-state index in [0.717, 1.165) is 36.3 Å². The zero-order chi connectivity index (χ0) is 15.6. The van der Waals surface area contributed by atoms with Crippen LogP contribution in [0.15, 0.2) is 18.2 Å². The molecule has 0 fully saturated rings. The molecule has 0 aliphatic heterocycles. The zero-order valence-corrected chi connectivity index (χ0v) is 12.5. The molecule has 1 aromatic carbocycles. The van der Waals surface area contributed by atoms with Crippen LogP contribution in [0.2, 0.25) is 0 Å². The molecule has 112 valence electrons. The van der Waals surface area contributed by atoms with Crippen molar-refractivity contribution in [1.29, 1.82) is 0 Å². The summed E-state index contributed by atoms with van der Waals surface area (Å²) >= 11 is 0.817. The van der Waals surface area contributed by atoms with Crippen LogP contribution < -0.4 is 0 Å². The Labute approximate surface area is 125 Å². The minimum absolute atomic E-state index is 0.0315. The van der Waals surface area contributed by atoms with Gasteiger partial charge in [-0.1, -0.05) is 19.9 Å². The maximum atomic E-state index is 13.8. The van der Waals surface area contributed by atoms with E-state index in [2.05, 4.69) is 4.98 Å². The Morgan fingerprint density at radius 1 is 1.29 bits per heavy atom. The summed E-state index contributed by atoms with van der Waals surface area (Å²) in [6.07, 6.45) is 1.44. The first-order chi connectivity index (χ1) is 9.99. The van der Waals surface area contributed by atoms with Crippen LogP contribution in [0.5, 0.6) is 0 Å². The Bertz CT molecular complexity index is 645. The lowest BCUT2D eigenvalue weighted by atomic mass is 9.98. The summed E-state index contributed by atoms with van der Waals surface area (Å²) < 4.78 is 27.6. The standard InChI is InChI=1S/C15H15F2NO2S/c1-3-8(4-2)12-13(15(19)20)21-14(18-12)11-9(16)6-5-7-10(11)17/h5-8H,3-4H2,1-2H3,(H,19,20). The number of hydrogen-bond acceptors (Lipinski definition) is 3. The lowest BCUT2D eigenvalue weighted by Gasteiger charge is -2.09. The van der Waals surface area contributed by atoms with Crippen LogP contribution in [-0.2, 0) is 0 Å². The van der Waals surface area contributed by atoms with Crippen molar-refractivity contribution in [3.8, 4) is 10.6 Å². The number of nitrogens with zero attached hydrogens (tertiary/aromatic N) is 1. The molecule has 0 saturated carbocycles. The minimum atomic E-state index is -1.11. The Morgan fingerprint density at radius 2 is 1.86 bits per heavy atom. The van der Waals surface area contributed by atoms with Crippen molar-refractivity contribution in [1.82, 2.24) is 4.98 Å². The third kappa shape index (κ3) is 2.95. The van der Waals surface area contributed by atoms with Gasteiger partial charge in [0.15, 0.2) is 0 Å². The fourth-order valence-electron chi connectivity index (χ4n) is 2.25. The molecule has 1 aromatic heterocycles. The van der Waals surface area contributed by atoms with Gasteiger partial charge in [0.05, 0.1) is 11.3 Å². The second kappa shape index (κ2) is 6.30. The highest BCUT2D eigenvalue weighted by molar-refractivity contribution is 7.17. The summed E-state index contributed by atoms with van der Waals surface area (Å²) in [5, 5.41) is 9.36. The van der Waals surface area contributed by atoms with Gasteiger partial charge in [0.25, 0.3) is 0 Å². The Morgan fingerprint density at radius 3 is 2.33 bits per heavy atom. The number of carbonyl (C=O) groups is 1. The maximum Gasteiger partial charge on any atom is 0.347 e.